The fraction of sp³-hybridized carbons (Fsp3) is 0.500. The number of amides is 2. The van der Waals surface area contributed by atoms with Crippen molar-refractivity contribution in [1.29, 1.82) is 0 Å². The van der Waals surface area contributed by atoms with Gasteiger partial charge in [-0.3, -0.25) is 9.59 Å². The average Bonchev–Trinajstić information content (AvgIpc) is 3.26. The van der Waals surface area contributed by atoms with E-state index in [4.69, 9.17) is 0 Å². The molecular weight excluding hydrogens is 384 g/mol. The molecule has 0 radical (unpaired) electrons. The standard InChI is InChI=1S/C22H28N4O2S/c1-16-8-12-29-19(16)20(27)25-11-6-9-22(21(28)24(2)3)15-26(14-17(22)13-25)18-7-4-5-10-23-18/h4-5,7-8,10,12,17H,6,9,11,13-15H2,1-3H3/t17-,22-/m0/s1. The number of nitrogens with zero attached hydrogens (tertiary/aromatic N) is 4. The van der Waals surface area contributed by atoms with E-state index in [9.17, 15) is 9.59 Å². The molecule has 2 aromatic rings. The molecule has 0 aliphatic carbocycles. The number of likely N-dealkylation sites (tertiary alicyclic amines) is 1. The molecule has 29 heavy (non-hydrogen) atoms. The summed E-state index contributed by atoms with van der Waals surface area (Å²) in [7, 11) is 3.67. The van der Waals surface area contributed by atoms with E-state index in [0.29, 0.717) is 19.6 Å². The maximum Gasteiger partial charge on any atom is 0.264 e. The van der Waals surface area contributed by atoms with Gasteiger partial charge >= 0.3 is 0 Å². The molecule has 4 rings (SSSR count). The van der Waals surface area contributed by atoms with Crippen molar-refractivity contribution in [2.45, 2.75) is 19.8 Å². The number of rotatable bonds is 3. The minimum Gasteiger partial charge on any atom is -0.355 e. The molecule has 2 aliphatic rings. The Morgan fingerprint density at radius 1 is 1.24 bits per heavy atom. The zero-order valence-electron chi connectivity index (χ0n) is 17.3. The molecule has 2 saturated heterocycles. The van der Waals surface area contributed by atoms with E-state index in [1.54, 1.807) is 11.1 Å². The van der Waals surface area contributed by atoms with Crippen LogP contribution in [0.1, 0.15) is 28.1 Å². The first kappa shape index (κ1) is 19.9. The van der Waals surface area contributed by atoms with Gasteiger partial charge in [0.05, 0.1) is 10.3 Å². The molecule has 2 aromatic heterocycles. The largest absolute Gasteiger partial charge is 0.355 e. The topological polar surface area (TPSA) is 56.8 Å². The molecule has 0 unspecified atom stereocenters. The first-order valence-electron chi connectivity index (χ1n) is 10.1. The number of thiophene rings is 1. The van der Waals surface area contributed by atoms with Gasteiger partial charge in [-0.15, -0.1) is 11.3 Å². The molecule has 2 amide bonds. The number of pyridine rings is 1. The van der Waals surface area contributed by atoms with Crippen molar-refractivity contribution >= 4 is 29.0 Å². The summed E-state index contributed by atoms with van der Waals surface area (Å²) in [4.78, 5) is 37.8. The Bertz CT molecular complexity index is 897. The summed E-state index contributed by atoms with van der Waals surface area (Å²) >= 11 is 1.50. The molecule has 2 aliphatic heterocycles. The molecule has 0 aromatic carbocycles. The molecular formula is C22H28N4O2S. The Hall–Kier alpha value is -2.41. The molecule has 0 N–H and O–H groups in total. The number of hydrogen-bond acceptors (Lipinski definition) is 5. The van der Waals surface area contributed by atoms with Crippen LogP contribution in [0.15, 0.2) is 35.8 Å². The lowest BCUT2D eigenvalue weighted by atomic mass is 9.74. The van der Waals surface area contributed by atoms with Crippen LogP contribution in [0.5, 0.6) is 0 Å². The Morgan fingerprint density at radius 2 is 2.07 bits per heavy atom. The molecule has 2 atom stereocenters. The molecule has 2 fully saturated rings. The highest BCUT2D eigenvalue weighted by Crippen LogP contribution is 2.45. The van der Waals surface area contributed by atoms with Crippen molar-refractivity contribution in [3.05, 3.63) is 46.3 Å². The monoisotopic (exact) mass is 412 g/mol. The summed E-state index contributed by atoms with van der Waals surface area (Å²) in [5.41, 5.74) is 0.557. The third-order valence-corrected chi connectivity index (χ3v) is 7.34. The highest BCUT2D eigenvalue weighted by molar-refractivity contribution is 7.12. The highest BCUT2D eigenvalue weighted by atomic mass is 32.1. The minimum absolute atomic E-state index is 0.0890. The van der Waals surface area contributed by atoms with Crippen LogP contribution in [0.3, 0.4) is 0 Å². The van der Waals surface area contributed by atoms with Crippen molar-refractivity contribution in [3.8, 4) is 0 Å². The summed E-state index contributed by atoms with van der Waals surface area (Å²) in [6.07, 6.45) is 3.42. The number of fused-ring (bicyclic) bond motifs is 1. The van der Waals surface area contributed by atoms with Gasteiger partial charge in [-0.2, -0.15) is 0 Å². The minimum atomic E-state index is -0.472. The number of aryl methyl sites for hydroxylation is 1. The molecule has 0 bridgehead atoms. The van der Waals surface area contributed by atoms with E-state index in [1.807, 2.05) is 55.6 Å². The zero-order valence-corrected chi connectivity index (χ0v) is 18.1. The van der Waals surface area contributed by atoms with E-state index in [2.05, 4.69) is 9.88 Å². The predicted octanol–water partition coefficient (Wildman–Crippen LogP) is 2.90. The van der Waals surface area contributed by atoms with Crippen molar-refractivity contribution < 1.29 is 9.59 Å². The number of hydrogen-bond donors (Lipinski definition) is 0. The quantitative estimate of drug-likeness (QED) is 0.778. The lowest BCUT2D eigenvalue weighted by Crippen LogP contribution is -2.47. The van der Waals surface area contributed by atoms with E-state index < -0.39 is 5.41 Å². The van der Waals surface area contributed by atoms with Gasteiger partial charge in [0.15, 0.2) is 0 Å². The van der Waals surface area contributed by atoms with Gasteiger partial charge in [-0.1, -0.05) is 6.07 Å². The van der Waals surface area contributed by atoms with Crippen LogP contribution in [-0.2, 0) is 4.79 Å². The average molecular weight is 413 g/mol. The smallest absolute Gasteiger partial charge is 0.264 e. The Labute approximate surface area is 176 Å². The molecule has 154 valence electrons. The number of anilines is 1. The van der Waals surface area contributed by atoms with Crippen LogP contribution in [-0.4, -0.2) is 66.9 Å². The summed E-state index contributed by atoms with van der Waals surface area (Å²) < 4.78 is 0. The van der Waals surface area contributed by atoms with E-state index in [0.717, 1.165) is 35.6 Å². The second-order valence-corrected chi connectivity index (χ2v) is 9.32. The molecule has 7 heteroatoms. The SMILES string of the molecule is Cc1ccsc1C(=O)N1CCC[C@]2(C(=O)N(C)C)CN(c3ccccn3)C[C@@H]2C1. The Balaban J connectivity index is 1.65. The van der Waals surface area contributed by atoms with E-state index in [1.165, 1.54) is 11.3 Å². The third kappa shape index (κ3) is 3.52. The molecule has 0 spiro atoms. The van der Waals surface area contributed by atoms with Crippen molar-refractivity contribution in [3.63, 3.8) is 0 Å². The van der Waals surface area contributed by atoms with E-state index in [-0.39, 0.29) is 17.7 Å². The van der Waals surface area contributed by atoms with E-state index >= 15 is 0 Å². The summed E-state index contributed by atoms with van der Waals surface area (Å²) in [6, 6.07) is 7.87. The van der Waals surface area contributed by atoms with Gasteiger partial charge in [-0.25, -0.2) is 4.98 Å². The fourth-order valence-electron chi connectivity index (χ4n) is 4.86. The van der Waals surface area contributed by atoms with Gasteiger partial charge in [-0.05, 0) is 48.9 Å². The molecule has 6 nitrogen and oxygen atoms in total. The van der Waals surface area contributed by atoms with Crippen molar-refractivity contribution in [2.24, 2.45) is 11.3 Å². The zero-order chi connectivity index (χ0) is 20.6. The number of aromatic nitrogens is 1. The van der Waals surface area contributed by atoms with Gasteiger partial charge in [0.1, 0.15) is 5.82 Å². The first-order chi connectivity index (χ1) is 13.9. The maximum absolute atomic E-state index is 13.4. The van der Waals surface area contributed by atoms with Crippen LogP contribution in [0.2, 0.25) is 0 Å². The lowest BCUT2D eigenvalue weighted by Gasteiger charge is -2.34. The van der Waals surface area contributed by atoms with Crippen LogP contribution >= 0.6 is 11.3 Å². The Morgan fingerprint density at radius 3 is 2.72 bits per heavy atom. The van der Waals surface area contributed by atoms with Crippen molar-refractivity contribution in [1.82, 2.24) is 14.8 Å². The van der Waals surface area contributed by atoms with Crippen LogP contribution in [0.4, 0.5) is 5.82 Å². The second kappa shape index (κ2) is 7.78. The third-order valence-electron chi connectivity index (χ3n) is 6.34. The van der Waals surface area contributed by atoms with Gasteiger partial charge < -0.3 is 14.7 Å². The highest BCUT2D eigenvalue weighted by Gasteiger charge is 2.54. The first-order valence-corrected chi connectivity index (χ1v) is 11.0. The number of carbonyl (C=O) groups excluding carboxylic acids is 2. The van der Waals surface area contributed by atoms with Crippen LogP contribution < -0.4 is 4.90 Å². The molecule has 0 saturated carbocycles. The summed E-state index contributed by atoms with van der Waals surface area (Å²) in [6.45, 7) is 4.70. The van der Waals surface area contributed by atoms with Crippen LogP contribution in [0.25, 0.3) is 0 Å². The molecule has 4 heterocycles. The Kier molecular flexibility index (Phi) is 5.34. The maximum atomic E-state index is 13.4. The van der Waals surface area contributed by atoms with Gasteiger partial charge in [0.2, 0.25) is 5.91 Å². The predicted molar refractivity (Wildman–Crippen MR) is 115 cm³/mol. The fourth-order valence-corrected chi connectivity index (χ4v) is 5.76. The number of carbonyl (C=O) groups is 2. The normalized spacial score (nSPS) is 24.2. The summed E-state index contributed by atoms with van der Waals surface area (Å²) in [5, 5.41) is 1.97. The van der Waals surface area contributed by atoms with Gasteiger partial charge in [0.25, 0.3) is 5.91 Å². The van der Waals surface area contributed by atoms with Crippen LogP contribution in [0, 0.1) is 18.3 Å². The summed E-state index contributed by atoms with van der Waals surface area (Å²) in [5.74, 6) is 1.26. The second-order valence-electron chi connectivity index (χ2n) is 8.41. The van der Waals surface area contributed by atoms with Crippen molar-refractivity contribution in [2.75, 3.05) is 45.2 Å². The van der Waals surface area contributed by atoms with Gasteiger partial charge in [0, 0.05) is 52.4 Å². The lowest BCUT2D eigenvalue weighted by molar-refractivity contribution is -0.141.